The van der Waals surface area contributed by atoms with Crippen molar-refractivity contribution in [3.8, 4) is 0 Å². The van der Waals surface area contributed by atoms with Crippen LogP contribution in [0.25, 0.3) is 0 Å². The second kappa shape index (κ2) is 2.09. The minimum atomic E-state index is -0.690. The van der Waals surface area contributed by atoms with Gasteiger partial charge in [0.05, 0.1) is 0 Å². The number of ketones is 1. The predicted octanol–water partition coefficient (Wildman–Crippen LogP) is 0.810. The molecule has 1 heterocycles. The lowest BCUT2D eigenvalue weighted by molar-refractivity contribution is -0.140. The minimum absolute atomic E-state index is 0.108. The smallest absolute Gasteiger partial charge is 0.299 e. The monoisotopic (exact) mass is 128 g/mol. The molecule has 1 aliphatic heterocycles. The molecule has 0 spiro atoms. The largest absolute Gasteiger partial charge is 0.452 e. The van der Waals surface area contributed by atoms with Gasteiger partial charge in [0.15, 0.2) is 0 Å². The Morgan fingerprint density at radius 2 is 2.44 bits per heavy atom. The van der Waals surface area contributed by atoms with Crippen LogP contribution < -0.4 is 0 Å². The van der Waals surface area contributed by atoms with Gasteiger partial charge in [0, 0.05) is 6.92 Å². The highest BCUT2D eigenvalue weighted by Crippen LogP contribution is 2.12. The number of hydrogen-bond donors (Lipinski definition) is 0. The summed E-state index contributed by atoms with van der Waals surface area (Å²) in [5.74, 6) is 0.540. The van der Waals surface area contributed by atoms with E-state index in [0.717, 1.165) is 0 Å². The topological polar surface area (TPSA) is 35.5 Å². The van der Waals surface area contributed by atoms with Crippen molar-refractivity contribution in [3.05, 3.63) is 12.0 Å². The zero-order valence-electron chi connectivity index (χ0n) is 5.38. The van der Waals surface area contributed by atoms with Crippen LogP contribution in [-0.2, 0) is 14.3 Å². The minimum Gasteiger partial charge on any atom is -0.452 e. The maximum atomic E-state index is 10.5. The molecule has 3 heteroatoms. The standard InChI is InChI=1S/C6H8O3/c1-4-3-8-6(9-4)5(2)7/h3,6H,1-2H3. The summed E-state index contributed by atoms with van der Waals surface area (Å²) in [7, 11) is 0. The molecule has 0 saturated carbocycles. The molecule has 0 saturated heterocycles. The van der Waals surface area contributed by atoms with Gasteiger partial charge in [0.1, 0.15) is 12.0 Å². The maximum absolute atomic E-state index is 10.5. The van der Waals surface area contributed by atoms with Crippen LogP contribution in [0.15, 0.2) is 12.0 Å². The van der Waals surface area contributed by atoms with E-state index in [2.05, 4.69) is 0 Å². The molecule has 9 heavy (non-hydrogen) atoms. The third kappa shape index (κ3) is 1.22. The first-order valence-corrected chi connectivity index (χ1v) is 2.69. The number of carbonyl (C=O) groups excluding carboxylic acids is 1. The van der Waals surface area contributed by atoms with Gasteiger partial charge in [-0.2, -0.15) is 0 Å². The van der Waals surface area contributed by atoms with Crippen molar-refractivity contribution in [2.45, 2.75) is 20.1 Å². The van der Waals surface area contributed by atoms with Crippen LogP contribution in [0.5, 0.6) is 0 Å². The molecule has 1 aliphatic rings. The molecule has 0 aromatic carbocycles. The number of rotatable bonds is 1. The van der Waals surface area contributed by atoms with Crippen molar-refractivity contribution in [2.75, 3.05) is 0 Å². The van der Waals surface area contributed by atoms with E-state index in [1.165, 1.54) is 13.2 Å². The van der Waals surface area contributed by atoms with Crippen molar-refractivity contribution in [3.63, 3.8) is 0 Å². The Bertz CT molecular complexity index is 160. The maximum Gasteiger partial charge on any atom is 0.299 e. The van der Waals surface area contributed by atoms with Crippen LogP contribution in [0.2, 0.25) is 0 Å². The highest BCUT2D eigenvalue weighted by molar-refractivity contribution is 5.79. The Morgan fingerprint density at radius 1 is 1.78 bits per heavy atom. The third-order valence-corrected chi connectivity index (χ3v) is 0.982. The highest BCUT2D eigenvalue weighted by Gasteiger charge is 2.20. The quantitative estimate of drug-likeness (QED) is 0.524. The number of ether oxygens (including phenoxy) is 2. The van der Waals surface area contributed by atoms with E-state index in [1.807, 2.05) is 0 Å². The fourth-order valence-electron chi connectivity index (χ4n) is 0.561. The number of hydrogen-bond acceptors (Lipinski definition) is 3. The molecule has 0 bridgehead atoms. The van der Waals surface area contributed by atoms with E-state index in [0.29, 0.717) is 5.76 Å². The van der Waals surface area contributed by atoms with Gasteiger partial charge in [-0.15, -0.1) is 0 Å². The Balaban J connectivity index is 2.47. The molecule has 0 aromatic heterocycles. The first-order chi connectivity index (χ1) is 4.20. The highest BCUT2D eigenvalue weighted by atomic mass is 16.7. The van der Waals surface area contributed by atoms with Gasteiger partial charge >= 0.3 is 0 Å². The lowest BCUT2D eigenvalue weighted by Gasteiger charge is -2.04. The van der Waals surface area contributed by atoms with E-state index in [4.69, 9.17) is 9.47 Å². The molecule has 0 aliphatic carbocycles. The van der Waals surface area contributed by atoms with E-state index < -0.39 is 6.29 Å². The second-order valence-electron chi connectivity index (χ2n) is 1.93. The van der Waals surface area contributed by atoms with E-state index in [1.54, 1.807) is 6.92 Å². The lowest BCUT2D eigenvalue weighted by Crippen LogP contribution is -2.17. The van der Waals surface area contributed by atoms with E-state index in [-0.39, 0.29) is 5.78 Å². The molecule has 0 radical (unpaired) electrons. The van der Waals surface area contributed by atoms with Crippen LogP contribution in [-0.4, -0.2) is 12.1 Å². The van der Waals surface area contributed by atoms with Crippen LogP contribution in [0.4, 0.5) is 0 Å². The molecule has 0 aromatic rings. The molecule has 0 fully saturated rings. The summed E-state index contributed by atoms with van der Waals surface area (Å²) in [5.41, 5.74) is 0. The van der Waals surface area contributed by atoms with Crippen LogP contribution in [0.1, 0.15) is 13.8 Å². The molecular weight excluding hydrogens is 120 g/mol. The van der Waals surface area contributed by atoms with E-state index >= 15 is 0 Å². The number of Topliss-reactive ketones (excluding diaryl/α,β-unsaturated/α-hetero) is 1. The summed E-state index contributed by atoms with van der Waals surface area (Å²) >= 11 is 0. The van der Waals surface area contributed by atoms with Crippen LogP contribution in [0, 0.1) is 0 Å². The fourth-order valence-corrected chi connectivity index (χ4v) is 0.561. The first kappa shape index (κ1) is 6.13. The average molecular weight is 128 g/mol. The molecule has 50 valence electrons. The Morgan fingerprint density at radius 3 is 2.67 bits per heavy atom. The van der Waals surface area contributed by atoms with Gasteiger partial charge in [0.2, 0.25) is 5.78 Å². The van der Waals surface area contributed by atoms with Gasteiger partial charge in [0.25, 0.3) is 6.29 Å². The molecule has 0 N–H and O–H groups in total. The van der Waals surface area contributed by atoms with Crippen molar-refractivity contribution in [2.24, 2.45) is 0 Å². The molecule has 1 atom stereocenters. The SMILES string of the molecule is CC(=O)C1OC=C(C)O1. The Hall–Kier alpha value is -0.990. The van der Waals surface area contributed by atoms with Crippen molar-refractivity contribution in [1.29, 1.82) is 0 Å². The van der Waals surface area contributed by atoms with Gasteiger partial charge in [-0.25, -0.2) is 0 Å². The number of carbonyl (C=O) groups is 1. The summed E-state index contributed by atoms with van der Waals surface area (Å²) < 4.78 is 9.70. The summed E-state index contributed by atoms with van der Waals surface area (Å²) in [6.45, 7) is 3.17. The third-order valence-electron chi connectivity index (χ3n) is 0.982. The number of allylic oxidation sites excluding steroid dienone is 1. The van der Waals surface area contributed by atoms with Gasteiger partial charge in [-0.1, -0.05) is 0 Å². The summed E-state index contributed by atoms with van der Waals surface area (Å²) in [6, 6.07) is 0. The lowest BCUT2D eigenvalue weighted by atomic mass is 10.4. The van der Waals surface area contributed by atoms with Crippen molar-refractivity contribution < 1.29 is 14.3 Å². The van der Waals surface area contributed by atoms with Crippen molar-refractivity contribution in [1.82, 2.24) is 0 Å². The summed E-state index contributed by atoms with van der Waals surface area (Å²) in [6.07, 6.45) is 0.747. The Labute approximate surface area is 53.3 Å². The van der Waals surface area contributed by atoms with Gasteiger partial charge in [-0.3, -0.25) is 4.79 Å². The molecule has 0 amide bonds. The first-order valence-electron chi connectivity index (χ1n) is 2.69. The molecular formula is C6H8O3. The zero-order chi connectivity index (χ0) is 6.85. The summed E-state index contributed by atoms with van der Waals surface area (Å²) in [4.78, 5) is 10.5. The molecule has 1 rings (SSSR count). The Kier molecular flexibility index (Phi) is 1.42. The fraction of sp³-hybridized carbons (Fsp3) is 0.500. The summed E-state index contributed by atoms with van der Waals surface area (Å²) in [5, 5.41) is 0. The predicted molar refractivity (Wildman–Crippen MR) is 30.4 cm³/mol. The van der Waals surface area contributed by atoms with Crippen molar-refractivity contribution >= 4 is 5.78 Å². The average Bonchev–Trinajstić information content (AvgIpc) is 2.14. The van der Waals surface area contributed by atoms with Gasteiger partial charge in [-0.05, 0) is 6.92 Å². The van der Waals surface area contributed by atoms with Crippen LogP contribution >= 0.6 is 0 Å². The molecule has 3 nitrogen and oxygen atoms in total. The van der Waals surface area contributed by atoms with Crippen LogP contribution in [0.3, 0.4) is 0 Å². The zero-order valence-corrected chi connectivity index (χ0v) is 5.38. The normalized spacial score (nSPS) is 24.2. The van der Waals surface area contributed by atoms with E-state index in [9.17, 15) is 4.79 Å². The van der Waals surface area contributed by atoms with Gasteiger partial charge < -0.3 is 9.47 Å². The second-order valence-corrected chi connectivity index (χ2v) is 1.93. The molecule has 1 unspecified atom stereocenters.